The van der Waals surface area contributed by atoms with Gasteiger partial charge in [-0.1, -0.05) is 0 Å². The molecule has 0 unspecified atom stereocenters. The minimum Gasteiger partial charge on any atom is -0.493 e. The van der Waals surface area contributed by atoms with Crippen LogP contribution in [0, 0.1) is 0 Å². The van der Waals surface area contributed by atoms with Gasteiger partial charge in [0.25, 0.3) is 5.91 Å². The number of hydrogen-bond donors (Lipinski definition) is 2. The van der Waals surface area contributed by atoms with Crippen molar-refractivity contribution in [2.45, 2.75) is 13.0 Å². The van der Waals surface area contributed by atoms with Crippen molar-refractivity contribution in [3.8, 4) is 11.5 Å². The second-order valence-corrected chi connectivity index (χ2v) is 3.68. The average Bonchev–Trinajstić information content (AvgIpc) is 2.37. The number of methoxy groups -OCH3 is 2. The standard InChI is InChI=1S/C12H18N2O3.ClH/c1-8(7-13)14-12(15)9-4-5-10(16-2)11(6-9)17-3;/h4-6,8H,7,13H2,1-3H3,(H,14,15);1H/t8-;/m1./s1. The van der Waals surface area contributed by atoms with Crippen LogP contribution in [0.1, 0.15) is 17.3 Å². The van der Waals surface area contributed by atoms with Gasteiger partial charge in [-0.25, -0.2) is 0 Å². The molecule has 1 rings (SSSR count). The van der Waals surface area contributed by atoms with Gasteiger partial charge in [-0.15, -0.1) is 12.4 Å². The van der Waals surface area contributed by atoms with Crippen LogP contribution in [0.5, 0.6) is 11.5 Å². The molecule has 0 aromatic heterocycles. The predicted molar refractivity (Wildman–Crippen MR) is 72.8 cm³/mol. The Labute approximate surface area is 113 Å². The third-order valence-electron chi connectivity index (χ3n) is 2.38. The van der Waals surface area contributed by atoms with Gasteiger partial charge in [-0.05, 0) is 25.1 Å². The number of hydrogen-bond acceptors (Lipinski definition) is 4. The third-order valence-corrected chi connectivity index (χ3v) is 2.38. The highest BCUT2D eigenvalue weighted by atomic mass is 35.5. The Morgan fingerprint density at radius 1 is 1.33 bits per heavy atom. The molecule has 0 aliphatic heterocycles. The fourth-order valence-corrected chi connectivity index (χ4v) is 1.34. The molecule has 0 fully saturated rings. The maximum Gasteiger partial charge on any atom is 0.251 e. The molecule has 6 heteroatoms. The number of ether oxygens (including phenoxy) is 2. The van der Waals surface area contributed by atoms with E-state index in [1.54, 1.807) is 25.3 Å². The Kier molecular flexibility index (Phi) is 7.16. The number of rotatable bonds is 5. The van der Waals surface area contributed by atoms with Crippen LogP contribution in [0.25, 0.3) is 0 Å². The van der Waals surface area contributed by atoms with Crippen LogP contribution in [0.2, 0.25) is 0 Å². The summed E-state index contributed by atoms with van der Waals surface area (Å²) in [5.41, 5.74) is 5.96. The summed E-state index contributed by atoms with van der Waals surface area (Å²) in [6, 6.07) is 4.95. The molecular formula is C12H19ClN2O3. The summed E-state index contributed by atoms with van der Waals surface area (Å²) < 4.78 is 10.2. The van der Waals surface area contributed by atoms with Gasteiger partial charge >= 0.3 is 0 Å². The molecule has 0 saturated heterocycles. The molecule has 1 aromatic carbocycles. The van der Waals surface area contributed by atoms with Crippen LogP contribution in [-0.2, 0) is 0 Å². The summed E-state index contributed by atoms with van der Waals surface area (Å²) in [6.07, 6.45) is 0. The van der Waals surface area contributed by atoms with Crippen LogP contribution < -0.4 is 20.5 Å². The first kappa shape index (κ1) is 16.5. The molecule has 1 aromatic rings. The Hall–Kier alpha value is -1.46. The Morgan fingerprint density at radius 3 is 2.44 bits per heavy atom. The van der Waals surface area contributed by atoms with Crippen LogP contribution in [0.3, 0.4) is 0 Å². The lowest BCUT2D eigenvalue weighted by atomic mass is 10.1. The van der Waals surface area contributed by atoms with Crippen molar-refractivity contribution in [2.24, 2.45) is 5.73 Å². The highest BCUT2D eigenvalue weighted by Gasteiger charge is 2.12. The molecule has 18 heavy (non-hydrogen) atoms. The number of amides is 1. The number of benzene rings is 1. The van der Waals surface area contributed by atoms with Crippen molar-refractivity contribution in [1.29, 1.82) is 0 Å². The van der Waals surface area contributed by atoms with E-state index in [2.05, 4.69) is 5.32 Å². The second-order valence-electron chi connectivity index (χ2n) is 3.68. The van der Waals surface area contributed by atoms with Crippen molar-refractivity contribution in [1.82, 2.24) is 5.32 Å². The minimum absolute atomic E-state index is 0. The summed E-state index contributed by atoms with van der Waals surface area (Å²) >= 11 is 0. The summed E-state index contributed by atoms with van der Waals surface area (Å²) in [5, 5.41) is 2.77. The van der Waals surface area contributed by atoms with Crippen LogP contribution in [0.15, 0.2) is 18.2 Å². The average molecular weight is 275 g/mol. The normalized spacial score (nSPS) is 11.1. The lowest BCUT2D eigenvalue weighted by molar-refractivity contribution is 0.0941. The number of nitrogens with one attached hydrogen (secondary N) is 1. The Balaban J connectivity index is 0.00000289. The molecule has 0 aliphatic rings. The topological polar surface area (TPSA) is 73.6 Å². The highest BCUT2D eigenvalue weighted by Crippen LogP contribution is 2.27. The van der Waals surface area contributed by atoms with E-state index in [-0.39, 0.29) is 24.4 Å². The van der Waals surface area contributed by atoms with Crippen LogP contribution >= 0.6 is 12.4 Å². The molecule has 102 valence electrons. The van der Waals surface area contributed by atoms with E-state index in [0.29, 0.717) is 23.6 Å². The highest BCUT2D eigenvalue weighted by molar-refractivity contribution is 5.95. The molecule has 0 aliphatic carbocycles. The zero-order chi connectivity index (χ0) is 12.8. The zero-order valence-corrected chi connectivity index (χ0v) is 11.5. The first-order valence-electron chi connectivity index (χ1n) is 5.35. The molecule has 1 amide bonds. The Bertz CT molecular complexity index is 399. The molecule has 0 heterocycles. The summed E-state index contributed by atoms with van der Waals surface area (Å²) in [4.78, 5) is 11.8. The van der Waals surface area contributed by atoms with Crippen molar-refractivity contribution in [3.63, 3.8) is 0 Å². The molecular weight excluding hydrogens is 256 g/mol. The zero-order valence-electron chi connectivity index (χ0n) is 10.7. The molecule has 5 nitrogen and oxygen atoms in total. The van der Waals surface area contributed by atoms with E-state index < -0.39 is 0 Å². The van der Waals surface area contributed by atoms with Gasteiger partial charge in [0, 0.05) is 18.2 Å². The lowest BCUT2D eigenvalue weighted by Crippen LogP contribution is -2.37. The molecule has 1 atom stereocenters. The number of carbonyl (C=O) groups excluding carboxylic acids is 1. The minimum atomic E-state index is -0.177. The van der Waals surface area contributed by atoms with E-state index >= 15 is 0 Å². The van der Waals surface area contributed by atoms with Gasteiger partial charge in [0.05, 0.1) is 14.2 Å². The van der Waals surface area contributed by atoms with E-state index in [1.807, 2.05) is 6.92 Å². The maximum atomic E-state index is 11.8. The number of halogens is 1. The fourth-order valence-electron chi connectivity index (χ4n) is 1.34. The molecule has 0 spiro atoms. The van der Waals surface area contributed by atoms with Crippen molar-refractivity contribution in [2.75, 3.05) is 20.8 Å². The predicted octanol–water partition coefficient (Wildman–Crippen LogP) is 1.20. The quantitative estimate of drug-likeness (QED) is 0.846. The van der Waals surface area contributed by atoms with Crippen molar-refractivity contribution in [3.05, 3.63) is 23.8 Å². The first-order valence-corrected chi connectivity index (χ1v) is 5.35. The molecule has 0 bridgehead atoms. The lowest BCUT2D eigenvalue weighted by Gasteiger charge is -2.13. The van der Waals surface area contributed by atoms with Gasteiger partial charge in [-0.2, -0.15) is 0 Å². The largest absolute Gasteiger partial charge is 0.493 e. The van der Waals surface area contributed by atoms with E-state index in [1.165, 1.54) is 7.11 Å². The second kappa shape index (κ2) is 7.79. The van der Waals surface area contributed by atoms with Gasteiger partial charge in [0.15, 0.2) is 11.5 Å². The van der Waals surface area contributed by atoms with Crippen LogP contribution in [0.4, 0.5) is 0 Å². The maximum absolute atomic E-state index is 11.8. The fraction of sp³-hybridized carbons (Fsp3) is 0.417. The first-order chi connectivity index (χ1) is 8.12. The van der Waals surface area contributed by atoms with Gasteiger partial charge < -0.3 is 20.5 Å². The van der Waals surface area contributed by atoms with Gasteiger partial charge in [0.1, 0.15) is 0 Å². The number of nitrogens with two attached hydrogens (primary N) is 1. The van der Waals surface area contributed by atoms with Crippen LogP contribution in [-0.4, -0.2) is 32.7 Å². The molecule has 0 saturated carbocycles. The smallest absolute Gasteiger partial charge is 0.251 e. The van der Waals surface area contributed by atoms with Crippen molar-refractivity contribution >= 4 is 18.3 Å². The third kappa shape index (κ3) is 4.09. The van der Waals surface area contributed by atoms with E-state index in [4.69, 9.17) is 15.2 Å². The Morgan fingerprint density at radius 2 is 1.94 bits per heavy atom. The van der Waals surface area contributed by atoms with Gasteiger partial charge in [-0.3, -0.25) is 4.79 Å². The monoisotopic (exact) mass is 274 g/mol. The number of carbonyl (C=O) groups is 1. The van der Waals surface area contributed by atoms with E-state index in [0.717, 1.165) is 0 Å². The van der Waals surface area contributed by atoms with E-state index in [9.17, 15) is 4.79 Å². The van der Waals surface area contributed by atoms with Crippen molar-refractivity contribution < 1.29 is 14.3 Å². The van der Waals surface area contributed by atoms with Gasteiger partial charge in [0.2, 0.25) is 0 Å². The summed E-state index contributed by atoms with van der Waals surface area (Å²) in [6.45, 7) is 2.25. The summed E-state index contributed by atoms with van der Waals surface area (Å²) in [5.74, 6) is 0.945. The molecule has 3 N–H and O–H groups in total. The molecule has 0 radical (unpaired) electrons. The summed E-state index contributed by atoms with van der Waals surface area (Å²) in [7, 11) is 3.08. The SMILES string of the molecule is COc1ccc(C(=O)N[C@H](C)CN)cc1OC.Cl.